The van der Waals surface area contributed by atoms with E-state index in [0.717, 1.165) is 0 Å². The molecule has 2 rings (SSSR count). The van der Waals surface area contributed by atoms with Gasteiger partial charge in [0.1, 0.15) is 11.6 Å². The third kappa shape index (κ3) is 3.60. The van der Waals surface area contributed by atoms with Crippen molar-refractivity contribution >= 4 is 21.7 Å². The molecule has 0 fully saturated rings. The Hall–Kier alpha value is -1.76. The Morgan fingerprint density at radius 3 is 2.63 bits per heavy atom. The number of benzene rings is 1. The summed E-state index contributed by atoms with van der Waals surface area (Å²) in [5.41, 5.74) is 6.73. The van der Waals surface area contributed by atoms with Crippen molar-refractivity contribution in [1.29, 1.82) is 0 Å². The highest BCUT2D eigenvalue weighted by atomic mass is 79.9. The fourth-order valence-corrected chi connectivity index (χ4v) is 1.87. The van der Waals surface area contributed by atoms with Crippen LogP contribution in [0.3, 0.4) is 0 Å². The lowest BCUT2D eigenvalue weighted by atomic mass is 10.1. The lowest BCUT2D eigenvalue weighted by molar-refractivity contribution is -0.274. The topological polar surface area (TPSA) is 48.1 Å². The zero-order valence-electron chi connectivity index (χ0n) is 9.41. The van der Waals surface area contributed by atoms with Crippen molar-refractivity contribution in [3.8, 4) is 16.9 Å². The van der Waals surface area contributed by atoms with Gasteiger partial charge in [0.2, 0.25) is 0 Å². The second-order valence-corrected chi connectivity index (χ2v) is 4.58. The SMILES string of the molecule is Nc1ncc(Br)cc1-c1cccc(OC(F)(F)F)c1. The number of hydrogen-bond acceptors (Lipinski definition) is 3. The Balaban J connectivity index is 2.40. The molecule has 7 heteroatoms. The van der Waals surface area contributed by atoms with Crippen LogP contribution in [0.4, 0.5) is 19.0 Å². The van der Waals surface area contributed by atoms with Gasteiger partial charge in [0, 0.05) is 16.2 Å². The van der Waals surface area contributed by atoms with Gasteiger partial charge in [0.05, 0.1) is 0 Å². The van der Waals surface area contributed by atoms with E-state index >= 15 is 0 Å². The number of ether oxygens (including phenoxy) is 1. The van der Waals surface area contributed by atoms with Crippen molar-refractivity contribution in [3.63, 3.8) is 0 Å². The maximum atomic E-state index is 12.2. The quantitative estimate of drug-likeness (QED) is 0.904. The molecule has 1 aromatic heterocycles. The highest BCUT2D eigenvalue weighted by molar-refractivity contribution is 9.10. The van der Waals surface area contributed by atoms with Crippen LogP contribution in [-0.4, -0.2) is 11.3 Å². The van der Waals surface area contributed by atoms with Gasteiger partial charge in [-0.05, 0) is 39.7 Å². The molecule has 0 saturated carbocycles. The van der Waals surface area contributed by atoms with E-state index < -0.39 is 6.36 Å². The van der Waals surface area contributed by atoms with E-state index in [1.165, 1.54) is 24.4 Å². The molecule has 0 aliphatic carbocycles. The fraction of sp³-hybridized carbons (Fsp3) is 0.0833. The van der Waals surface area contributed by atoms with Crippen molar-refractivity contribution in [2.75, 3.05) is 5.73 Å². The van der Waals surface area contributed by atoms with Gasteiger partial charge < -0.3 is 10.5 Å². The average Bonchev–Trinajstić information content (AvgIpc) is 2.30. The van der Waals surface area contributed by atoms with Crippen LogP contribution in [0.2, 0.25) is 0 Å². The van der Waals surface area contributed by atoms with Crippen LogP contribution in [0, 0.1) is 0 Å². The van der Waals surface area contributed by atoms with E-state index in [4.69, 9.17) is 5.73 Å². The summed E-state index contributed by atoms with van der Waals surface area (Å²) in [6.45, 7) is 0. The largest absolute Gasteiger partial charge is 0.573 e. The molecule has 100 valence electrons. The Bertz CT molecular complexity index is 602. The number of nitrogen functional groups attached to an aromatic ring is 1. The van der Waals surface area contributed by atoms with Crippen molar-refractivity contribution in [2.24, 2.45) is 0 Å². The fourth-order valence-electron chi connectivity index (χ4n) is 1.54. The van der Waals surface area contributed by atoms with Crippen LogP contribution in [-0.2, 0) is 0 Å². The standard InChI is InChI=1S/C12H8BrF3N2O/c13-8-5-10(11(17)18-6-8)7-2-1-3-9(4-7)19-12(14,15)16/h1-6H,(H2,17,18). The van der Waals surface area contributed by atoms with E-state index in [2.05, 4.69) is 25.7 Å². The molecule has 1 heterocycles. The van der Waals surface area contributed by atoms with Crippen LogP contribution in [0.1, 0.15) is 0 Å². The molecule has 3 nitrogen and oxygen atoms in total. The molecule has 19 heavy (non-hydrogen) atoms. The van der Waals surface area contributed by atoms with Crippen LogP contribution < -0.4 is 10.5 Å². The van der Waals surface area contributed by atoms with Crippen LogP contribution in [0.5, 0.6) is 5.75 Å². The molecular weight excluding hydrogens is 325 g/mol. The highest BCUT2D eigenvalue weighted by Crippen LogP contribution is 2.31. The third-order valence-electron chi connectivity index (χ3n) is 2.26. The summed E-state index contributed by atoms with van der Waals surface area (Å²) in [7, 11) is 0. The van der Waals surface area contributed by atoms with E-state index in [0.29, 0.717) is 15.6 Å². The molecule has 0 atom stereocenters. The Labute approximate surface area is 115 Å². The van der Waals surface area contributed by atoms with Crippen LogP contribution >= 0.6 is 15.9 Å². The summed E-state index contributed by atoms with van der Waals surface area (Å²) in [6.07, 6.45) is -3.21. The molecule has 0 amide bonds. The van der Waals surface area contributed by atoms with Gasteiger partial charge in [0.25, 0.3) is 0 Å². The molecular formula is C12H8BrF3N2O. The monoisotopic (exact) mass is 332 g/mol. The molecule has 0 aliphatic rings. The minimum Gasteiger partial charge on any atom is -0.406 e. The molecule has 0 unspecified atom stereocenters. The van der Waals surface area contributed by atoms with E-state index in [-0.39, 0.29) is 11.6 Å². The molecule has 2 aromatic rings. The number of hydrogen-bond donors (Lipinski definition) is 1. The van der Waals surface area contributed by atoms with Gasteiger partial charge in [0.15, 0.2) is 0 Å². The van der Waals surface area contributed by atoms with Crippen LogP contribution in [0.25, 0.3) is 11.1 Å². The van der Waals surface area contributed by atoms with Gasteiger partial charge in [-0.1, -0.05) is 12.1 Å². The normalized spacial score (nSPS) is 11.4. The molecule has 0 spiro atoms. The second kappa shape index (κ2) is 5.08. The molecule has 0 bridgehead atoms. The molecule has 1 aromatic carbocycles. The van der Waals surface area contributed by atoms with E-state index in [9.17, 15) is 13.2 Å². The summed E-state index contributed by atoms with van der Waals surface area (Å²) in [5, 5.41) is 0. The van der Waals surface area contributed by atoms with Gasteiger partial charge in [-0.2, -0.15) is 0 Å². The number of pyridine rings is 1. The summed E-state index contributed by atoms with van der Waals surface area (Å²) >= 11 is 3.23. The first-order valence-electron chi connectivity index (χ1n) is 5.12. The molecule has 0 radical (unpaired) electrons. The predicted octanol–water partition coefficient (Wildman–Crippen LogP) is 3.99. The minimum atomic E-state index is -4.72. The number of halogens is 4. The Morgan fingerprint density at radius 1 is 1.21 bits per heavy atom. The summed E-state index contributed by atoms with van der Waals surface area (Å²) in [5.74, 6) is -0.0725. The summed E-state index contributed by atoms with van der Waals surface area (Å²) < 4.78 is 41.0. The van der Waals surface area contributed by atoms with Gasteiger partial charge >= 0.3 is 6.36 Å². The summed E-state index contributed by atoms with van der Waals surface area (Å²) in [4.78, 5) is 3.93. The van der Waals surface area contributed by atoms with Gasteiger partial charge in [-0.15, -0.1) is 13.2 Å². The maximum Gasteiger partial charge on any atom is 0.573 e. The zero-order valence-corrected chi connectivity index (χ0v) is 11.0. The average molecular weight is 333 g/mol. The number of nitrogens with two attached hydrogens (primary N) is 1. The van der Waals surface area contributed by atoms with Crippen molar-refractivity contribution in [3.05, 3.63) is 41.0 Å². The summed E-state index contributed by atoms with van der Waals surface area (Å²) in [6, 6.07) is 7.24. The molecule has 2 N–H and O–H groups in total. The first-order valence-corrected chi connectivity index (χ1v) is 5.92. The number of anilines is 1. The van der Waals surface area contributed by atoms with Crippen molar-refractivity contribution < 1.29 is 17.9 Å². The minimum absolute atomic E-state index is 0.229. The smallest absolute Gasteiger partial charge is 0.406 e. The number of rotatable bonds is 2. The maximum absolute atomic E-state index is 12.2. The predicted molar refractivity (Wildman–Crippen MR) is 68.5 cm³/mol. The first-order chi connectivity index (χ1) is 8.85. The van der Waals surface area contributed by atoms with E-state index in [1.54, 1.807) is 12.1 Å². The number of alkyl halides is 3. The second-order valence-electron chi connectivity index (χ2n) is 3.66. The van der Waals surface area contributed by atoms with Crippen LogP contribution in [0.15, 0.2) is 41.0 Å². The number of nitrogens with zero attached hydrogens (tertiary/aromatic N) is 1. The van der Waals surface area contributed by atoms with Crippen molar-refractivity contribution in [2.45, 2.75) is 6.36 Å². The molecule has 0 saturated heterocycles. The van der Waals surface area contributed by atoms with Gasteiger partial charge in [-0.3, -0.25) is 0 Å². The van der Waals surface area contributed by atoms with E-state index in [1.807, 2.05) is 0 Å². The zero-order chi connectivity index (χ0) is 14.0. The van der Waals surface area contributed by atoms with Crippen molar-refractivity contribution in [1.82, 2.24) is 4.98 Å². The van der Waals surface area contributed by atoms with Gasteiger partial charge in [-0.25, -0.2) is 4.98 Å². The lowest BCUT2D eigenvalue weighted by Gasteiger charge is -2.11. The Kier molecular flexibility index (Phi) is 3.66. The number of aromatic nitrogens is 1. The lowest BCUT2D eigenvalue weighted by Crippen LogP contribution is -2.17. The Morgan fingerprint density at radius 2 is 1.95 bits per heavy atom. The third-order valence-corrected chi connectivity index (χ3v) is 2.70. The first kappa shape index (κ1) is 13.7. The molecule has 0 aliphatic heterocycles. The highest BCUT2D eigenvalue weighted by Gasteiger charge is 2.31.